The Morgan fingerprint density at radius 2 is 1.87 bits per heavy atom. The van der Waals surface area contributed by atoms with Gasteiger partial charge in [0.05, 0.1) is 11.6 Å². The van der Waals surface area contributed by atoms with Gasteiger partial charge in [-0.3, -0.25) is 4.79 Å². The summed E-state index contributed by atoms with van der Waals surface area (Å²) in [7, 11) is 0. The van der Waals surface area contributed by atoms with Crippen molar-refractivity contribution in [3.8, 4) is 5.69 Å². The van der Waals surface area contributed by atoms with Gasteiger partial charge in [0.15, 0.2) is 0 Å². The summed E-state index contributed by atoms with van der Waals surface area (Å²) >= 11 is 0. The SMILES string of the molecule is CCC(C(=O)Nc1ccc(-n2cncn2)cc1)c1ccccc1. The zero-order valence-corrected chi connectivity index (χ0v) is 12.9. The number of carbonyl (C=O) groups is 1. The largest absolute Gasteiger partial charge is 0.326 e. The Kier molecular flexibility index (Phi) is 4.47. The normalized spacial score (nSPS) is 11.9. The first-order valence-electron chi connectivity index (χ1n) is 7.59. The smallest absolute Gasteiger partial charge is 0.231 e. The molecule has 3 aromatic rings. The number of anilines is 1. The molecule has 0 aliphatic carbocycles. The van der Waals surface area contributed by atoms with E-state index < -0.39 is 0 Å². The lowest BCUT2D eigenvalue weighted by Crippen LogP contribution is -2.20. The van der Waals surface area contributed by atoms with Crippen LogP contribution in [-0.2, 0) is 4.79 Å². The molecule has 0 aliphatic heterocycles. The van der Waals surface area contributed by atoms with E-state index >= 15 is 0 Å². The van der Waals surface area contributed by atoms with Crippen molar-refractivity contribution in [2.45, 2.75) is 19.3 Å². The topological polar surface area (TPSA) is 59.8 Å². The Morgan fingerprint density at radius 1 is 1.13 bits per heavy atom. The van der Waals surface area contributed by atoms with E-state index in [0.29, 0.717) is 0 Å². The van der Waals surface area contributed by atoms with E-state index in [1.54, 1.807) is 11.0 Å². The van der Waals surface area contributed by atoms with Crippen LogP contribution in [-0.4, -0.2) is 20.7 Å². The van der Waals surface area contributed by atoms with Crippen molar-refractivity contribution in [3.63, 3.8) is 0 Å². The maximum Gasteiger partial charge on any atom is 0.231 e. The average molecular weight is 306 g/mol. The third-order valence-electron chi connectivity index (χ3n) is 3.74. The van der Waals surface area contributed by atoms with Crippen LogP contribution in [0, 0.1) is 0 Å². The van der Waals surface area contributed by atoms with Crippen molar-refractivity contribution in [1.82, 2.24) is 14.8 Å². The predicted octanol–water partition coefficient (Wildman–Crippen LogP) is 3.40. The van der Waals surface area contributed by atoms with Crippen LogP contribution >= 0.6 is 0 Å². The van der Waals surface area contributed by atoms with Crippen molar-refractivity contribution in [1.29, 1.82) is 0 Å². The number of nitrogens with one attached hydrogen (secondary N) is 1. The lowest BCUT2D eigenvalue weighted by molar-refractivity contribution is -0.117. The summed E-state index contributed by atoms with van der Waals surface area (Å²) in [4.78, 5) is 16.4. The first-order chi connectivity index (χ1) is 11.3. The fraction of sp³-hybridized carbons (Fsp3) is 0.167. The fourth-order valence-corrected chi connectivity index (χ4v) is 2.53. The van der Waals surface area contributed by atoms with E-state index in [-0.39, 0.29) is 11.8 Å². The van der Waals surface area contributed by atoms with Crippen molar-refractivity contribution >= 4 is 11.6 Å². The van der Waals surface area contributed by atoms with Crippen molar-refractivity contribution in [3.05, 3.63) is 72.8 Å². The molecule has 1 unspecified atom stereocenters. The minimum Gasteiger partial charge on any atom is -0.326 e. The number of carbonyl (C=O) groups excluding carboxylic acids is 1. The molecule has 0 radical (unpaired) electrons. The molecule has 1 amide bonds. The maximum atomic E-state index is 12.5. The van der Waals surface area contributed by atoms with Crippen LogP contribution < -0.4 is 5.32 Å². The summed E-state index contributed by atoms with van der Waals surface area (Å²) in [6.45, 7) is 2.02. The summed E-state index contributed by atoms with van der Waals surface area (Å²) < 4.78 is 1.67. The molecule has 0 saturated heterocycles. The standard InChI is InChI=1S/C18H18N4O/c1-2-17(14-6-4-3-5-7-14)18(23)21-15-8-10-16(11-9-15)22-13-19-12-20-22/h3-13,17H,2H2,1H3,(H,21,23). The zero-order valence-electron chi connectivity index (χ0n) is 12.9. The van der Waals surface area contributed by atoms with E-state index in [0.717, 1.165) is 23.4 Å². The van der Waals surface area contributed by atoms with E-state index in [1.807, 2.05) is 61.5 Å². The van der Waals surface area contributed by atoms with Gasteiger partial charge < -0.3 is 5.32 Å². The second-order valence-corrected chi connectivity index (χ2v) is 5.25. The highest BCUT2D eigenvalue weighted by molar-refractivity contribution is 5.95. The van der Waals surface area contributed by atoms with E-state index in [2.05, 4.69) is 15.4 Å². The van der Waals surface area contributed by atoms with Gasteiger partial charge in [-0.15, -0.1) is 0 Å². The Hall–Kier alpha value is -2.95. The molecular weight excluding hydrogens is 288 g/mol. The third-order valence-corrected chi connectivity index (χ3v) is 3.74. The van der Waals surface area contributed by atoms with Gasteiger partial charge in [-0.05, 0) is 36.2 Å². The molecule has 116 valence electrons. The molecule has 0 aliphatic rings. The predicted molar refractivity (Wildman–Crippen MR) is 89.5 cm³/mol. The zero-order chi connectivity index (χ0) is 16.1. The fourth-order valence-electron chi connectivity index (χ4n) is 2.53. The Morgan fingerprint density at radius 3 is 2.48 bits per heavy atom. The first-order valence-corrected chi connectivity index (χ1v) is 7.59. The second-order valence-electron chi connectivity index (χ2n) is 5.25. The molecule has 2 aromatic carbocycles. The van der Waals surface area contributed by atoms with Gasteiger partial charge in [0.25, 0.3) is 0 Å². The highest BCUT2D eigenvalue weighted by Gasteiger charge is 2.18. The summed E-state index contributed by atoms with van der Waals surface area (Å²) in [5.41, 5.74) is 2.70. The lowest BCUT2D eigenvalue weighted by Gasteiger charge is -2.15. The molecular formula is C18H18N4O. The minimum atomic E-state index is -0.147. The minimum absolute atomic E-state index is 0.00667. The number of hydrogen-bond donors (Lipinski definition) is 1. The summed E-state index contributed by atoms with van der Waals surface area (Å²) in [5, 5.41) is 7.06. The number of hydrogen-bond acceptors (Lipinski definition) is 3. The van der Waals surface area contributed by atoms with Gasteiger partial charge in [-0.25, -0.2) is 9.67 Å². The molecule has 0 saturated carbocycles. The Balaban J connectivity index is 1.72. The third kappa shape index (κ3) is 3.45. The van der Waals surface area contributed by atoms with E-state index in [4.69, 9.17) is 0 Å². The molecule has 3 rings (SSSR count). The van der Waals surface area contributed by atoms with Crippen LogP contribution in [0.25, 0.3) is 5.69 Å². The van der Waals surface area contributed by atoms with Crippen LogP contribution in [0.15, 0.2) is 67.3 Å². The number of benzene rings is 2. The molecule has 1 N–H and O–H groups in total. The van der Waals surface area contributed by atoms with Gasteiger partial charge in [0, 0.05) is 5.69 Å². The summed E-state index contributed by atoms with van der Waals surface area (Å²) in [6.07, 6.45) is 3.88. The number of amides is 1. The molecule has 1 aromatic heterocycles. The Bertz CT molecular complexity index is 751. The summed E-state index contributed by atoms with van der Waals surface area (Å²) in [5.74, 6) is -0.140. The molecule has 0 bridgehead atoms. The van der Waals surface area contributed by atoms with Crippen LogP contribution in [0.2, 0.25) is 0 Å². The quantitative estimate of drug-likeness (QED) is 0.786. The van der Waals surface area contributed by atoms with Crippen molar-refractivity contribution in [2.75, 3.05) is 5.32 Å². The molecule has 1 heterocycles. The second kappa shape index (κ2) is 6.87. The number of rotatable bonds is 5. The van der Waals surface area contributed by atoms with Gasteiger partial charge in [0.2, 0.25) is 5.91 Å². The maximum absolute atomic E-state index is 12.5. The molecule has 1 atom stereocenters. The monoisotopic (exact) mass is 306 g/mol. The lowest BCUT2D eigenvalue weighted by atomic mass is 9.95. The van der Waals surface area contributed by atoms with Crippen molar-refractivity contribution < 1.29 is 4.79 Å². The Labute approximate surface area is 135 Å². The van der Waals surface area contributed by atoms with E-state index in [9.17, 15) is 4.79 Å². The number of nitrogens with zero attached hydrogens (tertiary/aromatic N) is 3. The first kappa shape index (κ1) is 15.0. The number of aromatic nitrogens is 3. The molecule has 5 heteroatoms. The average Bonchev–Trinajstić information content (AvgIpc) is 3.12. The van der Waals surface area contributed by atoms with Crippen LogP contribution in [0.3, 0.4) is 0 Å². The molecule has 23 heavy (non-hydrogen) atoms. The molecule has 5 nitrogen and oxygen atoms in total. The van der Waals surface area contributed by atoms with Gasteiger partial charge in [-0.1, -0.05) is 37.3 Å². The van der Waals surface area contributed by atoms with E-state index in [1.165, 1.54) is 6.33 Å². The van der Waals surface area contributed by atoms with Crippen LogP contribution in [0.1, 0.15) is 24.8 Å². The highest BCUT2D eigenvalue weighted by Crippen LogP contribution is 2.22. The molecule has 0 fully saturated rings. The van der Waals surface area contributed by atoms with Crippen LogP contribution in [0.4, 0.5) is 5.69 Å². The van der Waals surface area contributed by atoms with Gasteiger partial charge in [0.1, 0.15) is 12.7 Å². The van der Waals surface area contributed by atoms with Gasteiger partial charge in [-0.2, -0.15) is 5.10 Å². The highest BCUT2D eigenvalue weighted by atomic mass is 16.1. The van der Waals surface area contributed by atoms with Gasteiger partial charge >= 0.3 is 0 Å². The molecule has 0 spiro atoms. The van der Waals surface area contributed by atoms with Crippen molar-refractivity contribution in [2.24, 2.45) is 0 Å². The summed E-state index contributed by atoms with van der Waals surface area (Å²) in [6, 6.07) is 17.4. The van der Waals surface area contributed by atoms with Crippen LogP contribution in [0.5, 0.6) is 0 Å².